The van der Waals surface area contributed by atoms with Gasteiger partial charge in [-0.1, -0.05) is 6.08 Å². The second-order valence-electron chi connectivity index (χ2n) is 7.42. The summed E-state index contributed by atoms with van der Waals surface area (Å²) in [6.07, 6.45) is 7.49. The van der Waals surface area contributed by atoms with Gasteiger partial charge in [0.05, 0.1) is 5.75 Å². The van der Waals surface area contributed by atoms with Gasteiger partial charge in [0, 0.05) is 30.8 Å². The van der Waals surface area contributed by atoms with Gasteiger partial charge in [0.15, 0.2) is 9.84 Å². The molecule has 21 heavy (non-hydrogen) atoms. The maximum atomic E-state index is 12.5. The van der Waals surface area contributed by atoms with E-state index >= 15 is 0 Å². The minimum absolute atomic E-state index is 0.109. The van der Waals surface area contributed by atoms with E-state index in [1.807, 2.05) is 4.90 Å². The van der Waals surface area contributed by atoms with Crippen LogP contribution in [-0.2, 0) is 14.6 Å². The van der Waals surface area contributed by atoms with Crippen molar-refractivity contribution in [2.75, 3.05) is 18.8 Å². The van der Waals surface area contributed by atoms with E-state index in [2.05, 4.69) is 0 Å². The first-order chi connectivity index (χ1) is 10.0. The zero-order valence-electron chi connectivity index (χ0n) is 12.3. The summed E-state index contributed by atoms with van der Waals surface area (Å²) in [6, 6.07) is 0. The van der Waals surface area contributed by atoms with Crippen molar-refractivity contribution in [3.8, 4) is 0 Å². The minimum atomic E-state index is -3.04. The van der Waals surface area contributed by atoms with Gasteiger partial charge in [-0.25, -0.2) is 8.42 Å². The second-order valence-corrected chi connectivity index (χ2v) is 9.35. The van der Waals surface area contributed by atoms with Crippen molar-refractivity contribution in [1.29, 1.82) is 0 Å². The van der Waals surface area contributed by atoms with E-state index in [1.165, 1.54) is 31.1 Å². The van der Waals surface area contributed by atoms with Crippen molar-refractivity contribution in [2.45, 2.75) is 32.1 Å². The van der Waals surface area contributed by atoms with Gasteiger partial charge in [0.2, 0.25) is 5.91 Å². The second kappa shape index (κ2) is 4.83. The molecule has 5 aliphatic rings. The molecule has 4 nitrogen and oxygen atoms in total. The molecule has 2 heterocycles. The Morgan fingerprint density at radius 2 is 1.62 bits per heavy atom. The van der Waals surface area contributed by atoms with Gasteiger partial charge in [0.1, 0.15) is 0 Å². The Labute approximate surface area is 126 Å². The Morgan fingerprint density at radius 1 is 1.05 bits per heavy atom. The van der Waals surface area contributed by atoms with Crippen molar-refractivity contribution >= 4 is 15.7 Å². The van der Waals surface area contributed by atoms with Gasteiger partial charge in [0.25, 0.3) is 0 Å². The summed E-state index contributed by atoms with van der Waals surface area (Å²) in [6.45, 7) is 1.85. The van der Waals surface area contributed by atoms with Crippen LogP contribution in [0.5, 0.6) is 0 Å². The number of carbonyl (C=O) groups excluding carboxylic acids is 1. The smallest absolute Gasteiger partial charge is 0.223 e. The number of carbonyl (C=O) groups is 1. The number of likely N-dealkylation sites (tertiary alicyclic amines) is 1. The molecule has 0 radical (unpaired) electrons. The number of hydrogen-bond acceptors (Lipinski definition) is 3. The Kier molecular flexibility index (Phi) is 3.18. The molecule has 3 aliphatic carbocycles. The molecule has 0 aromatic carbocycles. The molecule has 5 heteroatoms. The molecule has 3 atom stereocenters. The zero-order chi connectivity index (χ0) is 14.6. The minimum Gasteiger partial charge on any atom is -0.342 e. The van der Waals surface area contributed by atoms with Crippen molar-refractivity contribution in [1.82, 2.24) is 4.90 Å². The van der Waals surface area contributed by atoms with Gasteiger partial charge < -0.3 is 4.90 Å². The molecule has 3 saturated carbocycles. The van der Waals surface area contributed by atoms with Crippen LogP contribution in [0.2, 0.25) is 0 Å². The van der Waals surface area contributed by atoms with Crippen LogP contribution in [-0.4, -0.2) is 38.1 Å². The number of nitrogens with zero attached hydrogens (tertiary/aromatic N) is 1. The summed E-state index contributed by atoms with van der Waals surface area (Å²) in [5, 5.41) is 1.27. The van der Waals surface area contributed by atoms with E-state index in [0.717, 1.165) is 36.8 Å². The molecule has 1 amide bonds. The third-order valence-corrected chi connectivity index (χ3v) is 7.70. The SMILES string of the molecule is O=C(CC1C=CS(=O)(=O)C1)N1C[C@@H]2C3CCC(CC3)[C@@H]2C1. The highest BCUT2D eigenvalue weighted by molar-refractivity contribution is 7.94. The maximum Gasteiger partial charge on any atom is 0.223 e. The van der Waals surface area contributed by atoms with E-state index in [1.54, 1.807) is 6.08 Å². The number of hydrogen-bond donors (Lipinski definition) is 0. The third-order valence-electron chi connectivity index (χ3n) is 6.23. The molecular formula is C16H23NO3S. The highest BCUT2D eigenvalue weighted by Gasteiger charge is 2.49. The van der Waals surface area contributed by atoms with E-state index in [9.17, 15) is 13.2 Å². The average molecular weight is 309 g/mol. The van der Waals surface area contributed by atoms with Crippen LogP contribution in [0.4, 0.5) is 0 Å². The normalized spacial score (nSPS) is 43.2. The molecular weight excluding hydrogens is 286 g/mol. The third kappa shape index (κ3) is 2.43. The van der Waals surface area contributed by atoms with E-state index in [4.69, 9.17) is 0 Å². The monoisotopic (exact) mass is 309 g/mol. The Hall–Kier alpha value is -0.840. The Morgan fingerprint density at radius 3 is 2.10 bits per heavy atom. The maximum absolute atomic E-state index is 12.5. The molecule has 0 N–H and O–H groups in total. The lowest BCUT2D eigenvalue weighted by Gasteiger charge is -2.44. The average Bonchev–Trinajstić information content (AvgIpc) is 3.05. The number of sulfone groups is 1. The lowest BCUT2D eigenvalue weighted by molar-refractivity contribution is -0.130. The molecule has 0 spiro atoms. The first-order valence-electron chi connectivity index (χ1n) is 8.20. The van der Waals surface area contributed by atoms with Gasteiger partial charge in [-0.05, 0) is 49.4 Å². The van der Waals surface area contributed by atoms with Crippen molar-refractivity contribution in [3.05, 3.63) is 11.5 Å². The fourth-order valence-electron chi connectivity index (χ4n) is 5.18. The predicted octanol–water partition coefficient (Wildman–Crippen LogP) is 1.83. The summed E-state index contributed by atoms with van der Waals surface area (Å²) in [5.74, 6) is 3.30. The zero-order valence-corrected chi connectivity index (χ0v) is 13.1. The summed E-state index contributed by atoms with van der Waals surface area (Å²) >= 11 is 0. The lowest BCUT2D eigenvalue weighted by Crippen LogP contribution is -2.38. The van der Waals surface area contributed by atoms with Crippen molar-refractivity contribution < 1.29 is 13.2 Å². The Balaban J connectivity index is 1.40. The molecule has 2 bridgehead atoms. The number of rotatable bonds is 2. The highest BCUT2D eigenvalue weighted by Crippen LogP contribution is 2.51. The Bertz CT molecular complexity index is 554. The fraction of sp³-hybridized carbons (Fsp3) is 0.812. The van der Waals surface area contributed by atoms with Gasteiger partial charge in [-0.2, -0.15) is 0 Å². The molecule has 116 valence electrons. The van der Waals surface area contributed by atoms with Gasteiger partial charge in [-0.3, -0.25) is 4.79 Å². The van der Waals surface area contributed by atoms with Crippen LogP contribution in [0.1, 0.15) is 32.1 Å². The van der Waals surface area contributed by atoms with Crippen LogP contribution >= 0.6 is 0 Å². The van der Waals surface area contributed by atoms with Crippen LogP contribution in [0.25, 0.3) is 0 Å². The topological polar surface area (TPSA) is 54.5 Å². The summed E-state index contributed by atoms with van der Waals surface area (Å²) in [4.78, 5) is 14.5. The molecule has 0 aromatic rings. The van der Waals surface area contributed by atoms with E-state index < -0.39 is 9.84 Å². The van der Waals surface area contributed by atoms with Crippen LogP contribution in [0, 0.1) is 29.6 Å². The fourth-order valence-corrected chi connectivity index (χ4v) is 6.58. The molecule has 0 aromatic heterocycles. The molecule has 1 saturated heterocycles. The molecule has 2 aliphatic heterocycles. The van der Waals surface area contributed by atoms with Gasteiger partial charge in [-0.15, -0.1) is 0 Å². The quantitative estimate of drug-likeness (QED) is 0.782. The highest BCUT2D eigenvalue weighted by atomic mass is 32.2. The van der Waals surface area contributed by atoms with Crippen molar-refractivity contribution in [2.24, 2.45) is 29.6 Å². The largest absolute Gasteiger partial charge is 0.342 e. The summed E-state index contributed by atoms with van der Waals surface area (Å²) in [7, 11) is -3.04. The number of allylic oxidation sites excluding steroid dienone is 1. The standard InChI is InChI=1S/C16H23NO3S/c18-16(7-11-5-6-21(19,20)10-11)17-8-14-12-1-2-13(4-3-12)15(14)9-17/h5-6,11-15H,1-4,7-10H2/t11?,12?,13?,14-,15+. The number of fused-ring (bicyclic) bond motifs is 2. The molecule has 5 rings (SSSR count). The number of amides is 1. The van der Waals surface area contributed by atoms with Crippen LogP contribution in [0.3, 0.4) is 0 Å². The van der Waals surface area contributed by atoms with Crippen LogP contribution < -0.4 is 0 Å². The first kappa shape index (κ1) is 13.8. The van der Waals surface area contributed by atoms with E-state index in [0.29, 0.717) is 6.42 Å². The molecule has 4 fully saturated rings. The summed E-state index contributed by atoms with van der Waals surface area (Å²) < 4.78 is 22.9. The lowest BCUT2D eigenvalue weighted by atomic mass is 9.60. The predicted molar refractivity (Wildman–Crippen MR) is 80.0 cm³/mol. The van der Waals surface area contributed by atoms with Crippen molar-refractivity contribution in [3.63, 3.8) is 0 Å². The first-order valence-corrected chi connectivity index (χ1v) is 9.92. The van der Waals surface area contributed by atoms with Crippen LogP contribution in [0.15, 0.2) is 11.5 Å². The molecule has 1 unspecified atom stereocenters. The summed E-state index contributed by atoms with van der Waals surface area (Å²) in [5.41, 5.74) is 0. The van der Waals surface area contributed by atoms with Gasteiger partial charge >= 0.3 is 0 Å². The van der Waals surface area contributed by atoms with E-state index in [-0.39, 0.29) is 17.6 Å².